The van der Waals surface area contributed by atoms with E-state index in [1.165, 1.54) is 5.56 Å². The van der Waals surface area contributed by atoms with Crippen molar-refractivity contribution in [2.45, 2.75) is 32.2 Å². The van der Waals surface area contributed by atoms with Crippen molar-refractivity contribution in [3.05, 3.63) is 60.8 Å². The van der Waals surface area contributed by atoms with Gasteiger partial charge in [-0.1, -0.05) is 37.3 Å². The number of halogens is 1. The summed E-state index contributed by atoms with van der Waals surface area (Å²) in [6, 6.07) is 19.3. The number of rotatable bonds is 4. The molecule has 1 aromatic heterocycles. The SMILES string of the molecule is CCC(=O)N1CCC(Nc2ccc(-c3cnc4ccccc4c3)cc2)CC1.Cl. The molecule has 4 nitrogen and oxygen atoms in total. The van der Waals surface area contributed by atoms with Gasteiger partial charge in [-0.3, -0.25) is 9.78 Å². The molecule has 1 saturated heterocycles. The summed E-state index contributed by atoms with van der Waals surface area (Å²) in [7, 11) is 0. The van der Waals surface area contributed by atoms with Gasteiger partial charge in [-0.05, 0) is 42.7 Å². The second-order valence-corrected chi connectivity index (χ2v) is 7.15. The summed E-state index contributed by atoms with van der Waals surface area (Å²) >= 11 is 0. The summed E-state index contributed by atoms with van der Waals surface area (Å²) in [6.45, 7) is 3.63. The second kappa shape index (κ2) is 9.07. The zero-order chi connectivity index (χ0) is 18.6. The Bertz CT molecular complexity index is 934. The summed E-state index contributed by atoms with van der Waals surface area (Å²) in [5, 5.41) is 4.77. The molecule has 0 saturated carbocycles. The molecule has 28 heavy (non-hydrogen) atoms. The Morgan fingerprint density at radius 3 is 2.50 bits per heavy atom. The molecule has 1 fully saturated rings. The van der Waals surface area contributed by atoms with Gasteiger partial charge in [0.05, 0.1) is 5.52 Å². The van der Waals surface area contributed by atoms with Gasteiger partial charge in [-0.25, -0.2) is 0 Å². The Hall–Kier alpha value is -2.59. The number of nitrogens with one attached hydrogen (secondary N) is 1. The smallest absolute Gasteiger partial charge is 0.222 e. The Kier molecular flexibility index (Phi) is 6.53. The van der Waals surface area contributed by atoms with E-state index < -0.39 is 0 Å². The minimum Gasteiger partial charge on any atom is -0.382 e. The lowest BCUT2D eigenvalue weighted by atomic mass is 10.0. The molecule has 1 amide bonds. The van der Waals surface area contributed by atoms with Crippen LogP contribution in [0.25, 0.3) is 22.0 Å². The summed E-state index contributed by atoms with van der Waals surface area (Å²) in [6.07, 6.45) is 4.54. The van der Waals surface area contributed by atoms with E-state index in [9.17, 15) is 4.79 Å². The molecular formula is C23H26ClN3O. The van der Waals surface area contributed by atoms with Crippen molar-refractivity contribution in [3.8, 4) is 11.1 Å². The fourth-order valence-corrected chi connectivity index (χ4v) is 3.72. The highest BCUT2D eigenvalue weighted by Crippen LogP contribution is 2.25. The van der Waals surface area contributed by atoms with Crippen LogP contribution in [0.3, 0.4) is 0 Å². The number of aromatic nitrogens is 1. The Morgan fingerprint density at radius 1 is 1.07 bits per heavy atom. The number of carbonyl (C=O) groups is 1. The van der Waals surface area contributed by atoms with Crippen molar-refractivity contribution in [2.75, 3.05) is 18.4 Å². The molecular weight excluding hydrogens is 370 g/mol. The molecule has 0 atom stereocenters. The number of para-hydroxylation sites is 1. The minimum absolute atomic E-state index is 0. The molecule has 0 spiro atoms. The molecule has 1 N–H and O–H groups in total. The Labute approximate surface area is 172 Å². The first kappa shape index (κ1) is 20.2. The van der Waals surface area contributed by atoms with Gasteiger partial charge in [-0.15, -0.1) is 12.4 Å². The van der Waals surface area contributed by atoms with Crippen molar-refractivity contribution < 1.29 is 4.79 Å². The molecule has 2 heterocycles. The summed E-state index contributed by atoms with van der Waals surface area (Å²) in [5.74, 6) is 0.266. The molecule has 0 unspecified atom stereocenters. The maximum atomic E-state index is 11.8. The molecule has 0 aliphatic carbocycles. The highest BCUT2D eigenvalue weighted by molar-refractivity contribution is 5.85. The van der Waals surface area contributed by atoms with Gasteiger partial charge in [0, 0.05) is 48.4 Å². The molecule has 3 aromatic rings. The van der Waals surface area contributed by atoms with Crippen LogP contribution >= 0.6 is 12.4 Å². The van der Waals surface area contributed by atoms with Gasteiger partial charge in [0.1, 0.15) is 0 Å². The van der Waals surface area contributed by atoms with Crippen molar-refractivity contribution in [1.82, 2.24) is 9.88 Å². The molecule has 4 rings (SSSR count). The number of hydrogen-bond donors (Lipinski definition) is 1. The molecule has 146 valence electrons. The molecule has 1 aliphatic heterocycles. The van der Waals surface area contributed by atoms with Gasteiger partial charge < -0.3 is 10.2 Å². The number of fused-ring (bicyclic) bond motifs is 1. The fraction of sp³-hybridized carbons (Fsp3) is 0.304. The zero-order valence-corrected chi connectivity index (χ0v) is 16.9. The number of hydrogen-bond acceptors (Lipinski definition) is 3. The van der Waals surface area contributed by atoms with E-state index in [0.717, 1.165) is 48.1 Å². The van der Waals surface area contributed by atoms with E-state index in [0.29, 0.717) is 12.5 Å². The number of pyridine rings is 1. The van der Waals surface area contributed by atoms with E-state index >= 15 is 0 Å². The fourth-order valence-electron chi connectivity index (χ4n) is 3.72. The highest BCUT2D eigenvalue weighted by atomic mass is 35.5. The standard InChI is InChI=1S/C23H25N3O.ClH/c1-2-23(27)26-13-11-21(12-14-26)25-20-9-7-17(8-10-20)19-15-18-5-3-4-6-22(18)24-16-19;/h3-10,15-16,21,25H,2,11-14H2,1H3;1H. The monoisotopic (exact) mass is 395 g/mol. The van der Waals surface area contributed by atoms with Crippen LogP contribution in [-0.4, -0.2) is 34.9 Å². The van der Waals surface area contributed by atoms with Crippen LogP contribution < -0.4 is 5.32 Å². The van der Waals surface area contributed by atoms with Gasteiger partial charge >= 0.3 is 0 Å². The van der Waals surface area contributed by atoms with Gasteiger partial charge in [0.2, 0.25) is 5.91 Å². The third-order valence-corrected chi connectivity index (χ3v) is 5.33. The van der Waals surface area contributed by atoms with E-state index in [1.807, 2.05) is 36.2 Å². The summed E-state index contributed by atoms with van der Waals surface area (Å²) in [5.41, 5.74) is 4.45. The van der Waals surface area contributed by atoms with Crippen LogP contribution in [0.5, 0.6) is 0 Å². The van der Waals surface area contributed by atoms with Crippen LogP contribution in [0.1, 0.15) is 26.2 Å². The maximum Gasteiger partial charge on any atom is 0.222 e. The first-order valence-electron chi connectivity index (χ1n) is 9.72. The number of benzene rings is 2. The number of likely N-dealkylation sites (tertiary alicyclic amines) is 1. The van der Waals surface area contributed by atoms with Crippen molar-refractivity contribution in [1.29, 1.82) is 0 Å². The maximum absolute atomic E-state index is 11.8. The first-order chi connectivity index (χ1) is 13.2. The third kappa shape index (κ3) is 4.45. The summed E-state index contributed by atoms with van der Waals surface area (Å²) in [4.78, 5) is 18.3. The minimum atomic E-state index is 0. The van der Waals surface area contributed by atoms with E-state index in [-0.39, 0.29) is 18.3 Å². The topological polar surface area (TPSA) is 45.2 Å². The number of amides is 1. The quantitative estimate of drug-likeness (QED) is 0.665. The van der Waals surface area contributed by atoms with Crippen LogP contribution in [0.4, 0.5) is 5.69 Å². The average molecular weight is 396 g/mol. The predicted molar refractivity (Wildman–Crippen MR) is 118 cm³/mol. The van der Waals surface area contributed by atoms with Gasteiger partial charge in [0.15, 0.2) is 0 Å². The molecule has 0 radical (unpaired) electrons. The van der Waals surface area contributed by atoms with Crippen molar-refractivity contribution in [3.63, 3.8) is 0 Å². The normalized spacial score (nSPS) is 14.5. The molecule has 2 aromatic carbocycles. The van der Waals surface area contributed by atoms with Crippen LogP contribution in [0, 0.1) is 0 Å². The van der Waals surface area contributed by atoms with E-state index in [1.54, 1.807) is 0 Å². The number of anilines is 1. The number of piperidine rings is 1. The van der Waals surface area contributed by atoms with Gasteiger partial charge in [-0.2, -0.15) is 0 Å². The molecule has 5 heteroatoms. The largest absolute Gasteiger partial charge is 0.382 e. The van der Waals surface area contributed by atoms with Crippen LogP contribution in [0.2, 0.25) is 0 Å². The van der Waals surface area contributed by atoms with Gasteiger partial charge in [0.25, 0.3) is 0 Å². The second-order valence-electron chi connectivity index (χ2n) is 7.15. The van der Waals surface area contributed by atoms with E-state index in [2.05, 4.69) is 46.7 Å². The average Bonchev–Trinajstić information content (AvgIpc) is 2.74. The Morgan fingerprint density at radius 2 is 1.79 bits per heavy atom. The molecule has 1 aliphatic rings. The van der Waals surface area contributed by atoms with Crippen molar-refractivity contribution in [2.24, 2.45) is 0 Å². The summed E-state index contributed by atoms with van der Waals surface area (Å²) < 4.78 is 0. The van der Waals surface area contributed by atoms with Crippen LogP contribution in [0.15, 0.2) is 60.8 Å². The van der Waals surface area contributed by atoms with E-state index in [4.69, 9.17) is 0 Å². The molecule has 0 bridgehead atoms. The lowest BCUT2D eigenvalue weighted by molar-refractivity contribution is -0.131. The first-order valence-corrected chi connectivity index (χ1v) is 9.72. The lowest BCUT2D eigenvalue weighted by Crippen LogP contribution is -2.42. The highest BCUT2D eigenvalue weighted by Gasteiger charge is 2.21. The zero-order valence-electron chi connectivity index (χ0n) is 16.1. The lowest BCUT2D eigenvalue weighted by Gasteiger charge is -2.32. The van der Waals surface area contributed by atoms with Crippen molar-refractivity contribution >= 4 is 34.9 Å². The Balaban J connectivity index is 0.00000225. The van der Waals surface area contributed by atoms with Crippen LogP contribution in [-0.2, 0) is 4.79 Å². The number of carbonyl (C=O) groups excluding carboxylic acids is 1. The predicted octanol–water partition coefficient (Wildman–Crippen LogP) is 5.14. The third-order valence-electron chi connectivity index (χ3n) is 5.33. The number of nitrogens with zero attached hydrogens (tertiary/aromatic N) is 2.